The normalized spacial score (nSPS) is 27.1. The fraction of sp³-hybridized carbons (Fsp3) is 0.982. The van der Waals surface area contributed by atoms with Gasteiger partial charge in [0.05, 0.1) is 30.0 Å². The van der Waals surface area contributed by atoms with Gasteiger partial charge in [0.1, 0.15) is 0 Å². The summed E-state index contributed by atoms with van der Waals surface area (Å²) in [6, 6.07) is 1.01. The van der Waals surface area contributed by atoms with Gasteiger partial charge in [0.15, 0.2) is 0 Å². The standard InChI is InChI=1S/2C10H21NO2S.C9H19NOS.2C9H20O.C8H17NO2S/c2*1-8(2)9-4-6-10(7-5-9)11-14(3,12)13;1-7(2)8-5-9(6-8)10-12(3,4)11;2*1-5-9(4,10)7-6-8(2)3;1-6(2)7-4-8(5-7)9-12(3,10)11/h2*8-11H,4-7H2,1-3H3;7-9H,3,5-6H2,1-2,4H3,(H,10,11);2*8,10H,5-7H2,1-4H3;6-9H,4-5H2,1-3H3/t;;;2*9-;/m...10./s1. The van der Waals surface area contributed by atoms with E-state index in [4.69, 9.17) is 0 Å². The molecular weight excluding hydrogens is 989 g/mol. The van der Waals surface area contributed by atoms with Crippen molar-refractivity contribution in [1.29, 1.82) is 0 Å². The molecule has 4 aliphatic carbocycles. The Balaban J connectivity index is 0. The second kappa shape index (κ2) is 34.5. The molecule has 3 atom stereocenters. The number of sulfonamides is 3. The highest BCUT2D eigenvalue weighted by atomic mass is 32.2. The van der Waals surface area contributed by atoms with Crippen LogP contribution >= 0.6 is 0 Å². The van der Waals surface area contributed by atoms with Crippen molar-refractivity contribution in [2.45, 2.75) is 262 Å². The van der Waals surface area contributed by atoms with Crippen molar-refractivity contribution in [3.63, 3.8) is 0 Å². The second-order valence-corrected chi connectivity index (χ2v) is 33.0. The van der Waals surface area contributed by atoms with Gasteiger partial charge in [-0.3, -0.25) is 4.21 Å². The summed E-state index contributed by atoms with van der Waals surface area (Å²) in [6.45, 7) is 34.5. The summed E-state index contributed by atoms with van der Waals surface area (Å²) in [5, 5.41) is 19.1. The number of aliphatic hydroxyl groups is 2. The van der Waals surface area contributed by atoms with Crippen LogP contribution in [0.2, 0.25) is 0 Å². The van der Waals surface area contributed by atoms with Crippen molar-refractivity contribution in [2.75, 3.05) is 25.0 Å². The lowest BCUT2D eigenvalue weighted by Crippen LogP contribution is -2.45. The molecule has 1 unspecified atom stereocenters. The molecule has 4 aliphatic rings. The molecule has 4 saturated carbocycles. The Hall–Kier alpha value is -0.370. The van der Waals surface area contributed by atoms with E-state index >= 15 is 0 Å². The monoisotopic (exact) mass is 1110 g/mol. The Bertz CT molecular complexity index is 1720. The van der Waals surface area contributed by atoms with Crippen molar-refractivity contribution >= 4 is 45.6 Å². The number of rotatable bonds is 20. The first-order valence-corrected chi connectivity index (χ1v) is 35.8. The Morgan fingerprint density at radius 2 is 0.667 bits per heavy atom. The maximum atomic E-state index is 11.2. The third-order valence-corrected chi connectivity index (χ3v) is 18.4. The molecular formula is C55H118N4O9S4. The minimum absolute atomic E-state index is 0.181. The molecule has 0 spiro atoms. The molecule has 4 fully saturated rings. The van der Waals surface area contributed by atoms with Gasteiger partial charge in [-0.25, -0.2) is 44.1 Å². The molecule has 0 saturated heterocycles. The topological polar surface area (TPSA) is 208 Å². The third kappa shape index (κ3) is 40.8. The van der Waals surface area contributed by atoms with Crippen LogP contribution in [0.15, 0.2) is 0 Å². The zero-order valence-electron chi connectivity index (χ0n) is 49.9. The van der Waals surface area contributed by atoms with Gasteiger partial charge in [-0.05, 0) is 194 Å². The van der Waals surface area contributed by atoms with E-state index in [1.54, 1.807) is 6.26 Å². The molecule has 0 aromatic rings. The summed E-state index contributed by atoms with van der Waals surface area (Å²) in [5.41, 5.74) is -0.853. The molecule has 4 rings (SSSR count). The molecule has 17 heteroatoms. The fourth-order valence-corrected chi connectivity index (χ4v) is 12.6. The van der Waals surface area contributed by atoms with Gasteiger partial charge in [-0.1, -0.05) is 96.9 Å². The van der Waals surface area contributed by atoms with Crippen molar-refractivity contribution < 1.29 is 39.7 Å². The second-order valence-electron chi connectivity index (χ2n) is 25.4. The molecule has 13 nitrogen and oxygen atoms in total. The number of nitrogens with one attached hydrogen (secondary N) is 4. The van der Waals surface area contributed by atoms with Crippen LogP contribution in [0.1, 0.15) is 226 Å². The van der Waals surface area contributed by atoms with Crippen LogP contribution in [0.25, 0.3) is 0 Å². The van der Waals surface area contributed by atoms with Gasteiger partial charge in [-0.15, -0.1) is 0 Å². The van der Waals surface area contributed by atoms with Crippen LogP contribution in [0.4, 0.5) is 0 Å². The minimum atomic E-state index is -3.01. The Morgan fingerprint density at radius 1 is 0.431 bits per heavy atom. The van der Waals surface area contributed by atoms with Crippen molar-refractivity contribution in [2.24, 2.45) is 59.2 Å². The maximum Gasteiger partial charge on any atom is 0.208 e. The summed E-state index contributed by atoms with van der Waals surface area (Å²) in [7, 11) is -11.0. The van der Waals surface area contributed by atoms with Crippen molar-refractivity contribution in [3.05, 3.63) is 0 Å². The Labute approximate surface area is 447 Å². The quantitative estimate of drug-likeness (QED) is 0.0640. The van der Waals surface area contributed by atoms with Crippen LogP contribution in [0.5, 0.6) is 0 Å². The van der Waals surface area contributed by atoms with E-state index in [9.17, 15) is 39.7 Å². The lowest BCUT2D eigenvalue weighted by molar-refractivity contribution is 0.0411. The number of hydrogen-bond acceptors (Lipinski definition) is 9. The van der Waals surface area contributed by atoms with Crippen molar-refractivity contribution in [3.8, 4) is 0 Å². The molecule has 0 aromatic heterocycles. The first-order chi connectivity index (χ1) is 32.5. The Kier molecular flexibility index (Phi) is 35.3. The lowest BCUT2D eigenvalue weighted by Gasteiger charge is -2.38. The van der Waals surface area contributed by atoms with E-state index in [1.165, 1.54) is 18.8 Å². The minimum Gasteiger partial charge on any atom is -0.390 e. The van der Waals surface area contributed by atoms with E-state index < -0.39 is 51.0 Å². The summed E-state index contributed by atoms with van der Waals surface area (Å²) in [6.07, 6.45) is 24.1. The molecule has 0 aromatic carbocycles. The zero-order valence-corrected chi connectivity index (χ0v) is 53.2. The van der Waals surface area contributed by atoms with E-state index in [1.807, 2.05) is 27.7 Å². The van der Waals surface area contributed by atoms with E-state index in [-0.39, 0.29) is 18.1 Å². The molecule has 72 heavy (non-hydrogen) atoms. The van der Waals surface area contributed by atoms with Crippen LogP contribution in [0, 0.1) is 59.2 Å². The fourth-order valence-electron chi connectivity index (χ4n) is 9.23. The molecule has 0 amide bonds. The van der Waals surface area contributed by atoms with Gasteiger partial charge in [-0.2, -0.15) is 0 Å². The van der Waals surface area contributed by atoms with Crippen LogP contribution in [-0.4, -0.2) is 106 Å². The lowest BCUT2D eigenvalue weighted by atomic mass is 9.74. The van der Waals surface area contributed by atoms with Crippen LogP contribution < -0.4 is 18.9 Å². The Morgan fingerprint density at radius 3 is 0.861 bits per heavy atom. The molecule has 0 heterocycles. The SMILES string of the molecule is C=S(C)(=O)NC1CC(C(C)C)C1.CC(C)C1CC(NS(C)(=O)=O)C1.CC(C)C1CCC(NS(C)(=O)=O)CC1.CC(C)C1CCC(NS(C)(=O)=O)CC1.CC[C@@](C)(O)CCC(C)C.CC[C@](C)(O)CCC(C)C. The molecule has 0 radical (unpaired) electrons. The highest BCUT2D eigenvalue weighted by Crippen LogP contribution is 2.35. The van der Waals surface area contributed by atoms with E-state index in [0.29, 0.717) is 29.7 Å². The molecule has 0 bridgehead atoms. The summed E-state index contributed by atoms with van der Waals surface area (Å²) in [5.74, 6) is 11.0. The predicted octanol–water partition coefficient (Wildman–Crippen LogP) is 10.9. The average Bonchev–Trinajstić information content (AvgIpc) is 3.18. The number of hydrogen-bond donors (Lipinski definition) is 6. The highest BCUT2D eigenvalue weighted by molar-refractivity contribution is 7.97. The zero-order chi connectivity index (χ0) is 56.6. The average molecular weight is 1110 g/mol. The van der Waals surface area contributed by atoms with Gasteiger partial charge < -0.3 is 10.2 Å². The summed E-state index contributed by atoms with van der Waals surface area (Å²) >= 11 is 0. The first kappa shape index (κ1) is 73.7. The molecule has 6 N–H and O–H groups in total. The first-order valence-electron chi connectivity index (χ1n) is 27.9. The predicted molar refractivity (Wildman–Crippen MR) is 312 cm³/mol. The summed E-state index contributed by atoms with van der Waals surface area (Å²) in [4.78, 5) is 0. The smallest absolute Gasteiger partial charge is 0.208 e. The summed E-state index contributed by atoms with van der Waals surface area (Å²) < 4.78 is 87.9. The highest BCUT2D eigenvalue weighted by Gasteiger charge is 2.33. The van der Waals surface area contributed by atoms with E-state index in [2.05, 4.69) is 108 Å². The van der Waals surface area contributed by atoms with E-state index in [0.717, 1.165) is 151 Å². The van der Waals surface area contributed by atoms with Gasteiger partial charge in [0.2, 0.25) is 30.1 Å². The largest absolute Gasteiger partial charge is 0.390 e. The third-order valence-electron chi connectivity index (χ3n) is 15.3. The van der Waals surface area contributed by atoms with Crippen LogP contribution in [-0.2, 0) is 39.8 Å². The van der Waals surface area contributed by atoms with Crippen molar-refractivity contribution in [1.82, 2.24) is 18.9 Å². The maximum absolute atomic E-state index is 11.2. The molecule has 0 aliphatic heterocycles. The van der Waals surface area contributed by atoms with Gasteiger partial charge in [0.25, 0.3) is 0 Å². The molecule has 436 valence electrons. The van der Waals surface area contributed by atoms with Gasteiger partial charge in [0, 0.05) is 40.1 Å². The van der Waals surface area contributed by atoms with Crippen LogP contribution in [0.3, 0.4) is 0 Å². The van der Waals surface area contributed by atoms with Gasteiger partial charge >= 0.3 is 0 Å².